The summed E-state index contributed by atoms with van der Waals surface area (Å²) in [6, 6.07) is 2.16. The second kappa shape index (κ2) is 7.03. The number of amides is 1. The van der Waals surface area contributed by atoms with Crippen LogP contribution in [0.2, 0.25) is 0 Å². The van der Waals surface area contributed by atoms with Gasteiger partial charge in [0, 0.05) is 31.0 Å². The number of aliphatic hydroxyl groups excluding tert-OH is 1. The molecular formula is C14H24N2O2S. The van der Waals surface area contributed by atoms with Crippen molar-refractivity contribution in [3.63, 3.8) is 0 Å². The van der Waals surface area contributed by atoms with Crippen LogP contribution in [0.15, 0.2) is 11.4 Å². The van der Waals surface area contributed by atoms with Gasteiger partial charge in [0.1, 0.15) is 0 Å². The van der Waals surface area contributed by atoms with E-state index in [2.05, 4.69) is 31.4 Å². The molecule has 1 aromatic heterocycles. The van der Waals surface area contributed by atoms with E-state index in [1.807, 2.05) is 11.4 Å². The minimum absolute atomic E-state index is 0.0534. The van der Waals surface area contributed by atoms with Crippen LogP contribution in [0.1, 0.15) is 39.0 Å². The number of hydrogen-bond donors (Lipinski definition) is 3. The van der Waals surface area contributed by atoms with Crippen LogP contribution in [0.3, 0.4) is 0 Å². The topological polar surface area (TPSA) is 61.4 Å². The first-order chi connectivity index (χ1) is 8.84. The van der Waals surface area contributed by atoms with Crippen LogP contribution in [-0.4, -0.2) is 23.7 Å². The average molecular weight is 284 g/mol. The van der Waals surface area contributed by atoms with E-state index in [0.29, 0.717) is 6.54 Å². The van der Waals surface area contributed by atoms with Crippen molar-refractivity contribution in [2.24, 2.45) is 5.41 Å². The molecule has 0 fully saturated rings. The molecule has 1 heterocycles. The first kappa shape index (κ1) is 16.1. The number of rotatable bonds is 6. The van der Waals surface area contributed by atoms with Gasteiger partial charge in [0.05, 0.1) is 5.69 Å². The smallest absolute Gasteiger partial charge is 0.221 e. The number of aliphatic hydroxyl groups is 1. The van der Waals surface area contributed by atoms with E-state index in [4.69, 9.17) is 5.11 Å². The lowest BCUT2D eigenvalue weighted by molar-refractivity contribution is -0.114. The third kappa shape index (κ3) is 5.30. The summed E-state index contributed by atoms with van der Waals surface area (Å²) in [5.74, 6) is -0.0534. The van der Waals surface area contributed by atoms with Gasteiger partial charge in [-0.2, -0.15) is 0 Å². The normalized spacial score (nSPS) is 13.3. The van der Waals surface area contributed by atoms with E-state index in [1.54, 1.807) is 11.3 Å². The maximum Gasteiger partial charge on any atom is 0.221 e. The van der Waals surface area contributed by atoms with Gasteiger partial charge in [-0.25, -0.2) is 0 Å². The summed E-state index contributed by atoms with van der Waals surface area (Å²) >= 11 is 1.62. The average Bonchev–Trinajstić information content (AvgIpc) is 2.69. The highest BCUT2D eigenvalue weighted by Crippen LogP contribution is 2.25. The van der Waals surface area contributed by atoms with Gasteiger partial charge in [-0.3, -0.25) is 4.79 Å². The third-order valence-electron chi connectivity index (χ3n) is 3.03. The Morgan fingerprint density at radius 1 is 1.47 bits per heavy atom. The van der Waals surface area contributed by atoms with Gasteiger partial charge in [-0.05, 0) is 23.3 Å². The van der Waals surface area contributed by atoms with Crippen molar-refractivity contribution in [2.45, 2.75) is 46.7 Å². The zero-order valence-electron chi connectivity index (χ0n) is 12.1. The maximum atomic E-state index is 11.1. The molecular weight excluding hydrogens is 260 g/mol. The maximum absolute atomic E-state index is 11.1. The summed E-state index contributed by atoms with van der Waals surface area (Å²) < 4.78 is 0. The van der Waals surface area contributed by atoms with Gasteiger partial charge in [0.15, 0.2) is 0 Å². The molecule has 1 amide bonds. The number of anilines is 1. The standard InChI is InChI=1S/C14H24N2O2S/c1-10(18)16-11-6-8-19-12(11)9-15-13(5-7-17)14(2,3)4/h6,8,13,15,17H,5,7,9H2,1-4H3,(H,16,18). The molecule has 1 unspecified atom stereocenters. The summed E-state index contributed by atoms with van der Waals surface area (Å²) in [7, 11) is 0. The number of thiophene rings is 1. The monoisotopic (exact) mass is 284 g/mol. The van der Waals surface area contributed by atoms with Crippen LogP contribution >= 0.6 is 11.3 Å². The quantitative estimate of drug-likeness (QED) is 0.752. The first-order valence-electron chi connectivity index (χ1n) is 6.52. The zero-order valence-corrected chi connectivity index (χ0v) is 12.9. The Morgan fingerprint density at radius 3 is 2.68 bits per heavy atom. The molecule has 0 spiro atoms. The molecule has 108 valence electrons. The van der Waals surface area contributed by atoms with Crippen molar-refractivity contribution >= 4 is 22.9 Å². The lowest BCUT2D eigenvalue weighted by atomic mass is 9.85. The van der Waals surface area contributed by atoms with Crippen molar-refractivity contribution in [1.82, 2.24) is 5.32 Å². The summed E-state index contributed by atoms with van der Waals surface area (Å²) in [6.07, 6.45) is 0.727. The first-order valence-corrected chi connectivity index (χ1v) is 7.40. The minimum Gasteiger partial charge on any atom is -0.396 e. The van der Waals surface area contributed by atoms with Crippen LogP contribution in [0.5, 0.6) is 0 Å². The third-order valence-corrected chi connectivity index (χ3v) is 3.95. The van der Waals surface area contributed by atoms with Crippen LogP contribution < -0.4 is 10.6 Å². The van der Waals surface area contributed by atoms with E-state index in [1.165, 1.54) is 6.92 Å². The minimum atomic E-state index is -0.0534. The molecule has 0 bridgehead atoms. The molecule has 0 saturated heterocycles. The van der Waals surface area contributed by atoms with Crippen LogP contribution in [-0.2, 0) is 11.3 Å². The second-order valence-electron chi connectivity index (χ2n) is 5.75. The SMILES string of the molecule is CC(=O)Nc1ccsc1CNC(CCO)C(C)(C)C. The Balaban J connectivity index is 2.64. The fourth-order valence-electron chi connectivity index (χ4n) is 1.96. The van der Waals surface area contributed by atoms with Gasteiger partial charge in [-0.15, -0.1) is 11.3 Å². The molecule has 1 rings (SSSR count). The van der Waals surface area contributed by atoms with E-state index >= 15 is 0 Å². The van der Waals surface area contributed by atoms with Gasteiger partial charge < -0.3 is 15.7 Å². The summed E-state index contributed by atoms with van der Waals surface area (Å²) in [5, 5.41) is 17.4. The fraction of sp³-hybridized carbons (Fsp3) is 0.643. The van der Waals surface area contributed by atoms with Gasteiger partial charge >= 0.3 is 0 Å². The molecule has 5 heteroatoms. The zero-order chi connectivity index (χ0) is 14.5. The Labute approximate surface area is 119 Å². The van der Waals surface area contributed by atoms with Crippen molar-refractivity contribution < 1.29 is 9.90 Å². The molecule has 0 saturated carbocycles. The van der Waals surface area contributed by atoms with Crippen LogP contribution in [0.4, 0.5) is 5.69 Å². The molecule has 0 radical (unpaired) electrons. The Hall–Kier alpha value is -0.910. The number of nitrogens with one attached hydrogen (secondary N) is 2. The number of carbonyl (C=O) groups is 1. The van der Waals surface area contributed by atoms with Crippen LogP contribution in [0, 0.1) is 5.41 Å². The number of carbonyl (C=O) groups excluding carboxylic acids is 1. The molecule has 0 aliphatic carbocycles. The molecule has 4 nitrogen and oxygen atoms in total. The lowest BCUT2D eigenvalue weighted by Crippen LogP contribution is -2.40. The summed E-state index contributed by atoms with van der Waals surface area (Å²) in [4.78, 5) is 12.2. The van der Waals surface area contributed by atoms with E-state index in [0.717, 1.165) is 17.0 Å². The number of hydrogen-bond acceptors (Lipinski definition) is 4. The molecule has 0 aromatic carbocycles. The van der Waals surface area contributed by atoms with Gasteiger partial charge in [0.2, 0.25) is 5.91 Å². The Kier molecular flexibility index (Phi) is 5.97. The van der Waals surface area contributed by atoms with Crippen molar-refractivity contribution in [3.8, 4) is 0 Å². The highest BCUT2D eigenvalue weighted by Gasteiger charge is 2.23. The van der Waals surface area contributed by atoms with Gasteiger partial charge in [0.25, 0.3) is 0 Å². The predicted octanol–water partition coefficient (Wildman–Crippen LogP) is 2.59. The highest BCUT2D eigenvalue weighted by molar-refractivity contribution is 7.10. The molecule has 0 aliphatic heterocycles. The van der Waals surface area contributed by atoms with Crippen molar-refractivity contribution in [3.05, 3.63) is 16.3 Å². The largest absolute Gasteiger partial charge is 0.396 e. The molecule has 3 N–H and O–H groups in total. The van der Waals surface area contributed by atoms with Crippen LogP contribution in [0.25, 0.3) is 0 Å². The fourth-order valence-corrected chi connectivity index (χ4v) is 2.75. The van der Waals surface area contributed by atoms with Gasteiger partial charge in [-0.1, -0.05) is 20.8 Å². The molecule has 1 aromatic rings. The van der Waals surface area contributed by atoms with Crippen molar-refractivity contribution in [1.29, 1.82) is 0 Å². The summed E-state index contributed by atoms with van der Waals surface area (Å²) in [6.45, 7) is 8.86. The highest BCUT2D eigenvalue weighted by atomic mass is 32.1. The Bertz CT molecular complexity index is 410. The van der Waals surface area contributed by atoms with E-state index < -0.39 is 0 Å². The van der Waals surface area contributed by atoms with E-state index in [9.17, 15) is 4.79 Å². The molecule has 19 heavy (non-hydrogen) atoms. The predicted molar refractivity (Wildman–Crippen MR) is 80.4 cm³/mol. The molecule has 1 atom stereocenters. The second-order valence-corrected chi connectivity index (χ2v) is 6.75. The Morgan fingerprint density at radius 2 is 2.16 bits per heavy atom. The van der Waals surface area contributed by atoms with E-state index in [-0.39, 0.29) is 24.0 Å². The van der Waals surface area contributed by atoms with Crippen molar-refractivity contribution in [2.75, 3.05) is 11.9 Å². The summed E-state index contributed by atoms with van der Waals surface area (Å²) in [5.41, 5.74) is 0.968. The lowest BCUT2D eigenvalue weighted by Gasteiger charge is -2.31. The molecule has 0 aliphatic rings.